The first-order chi connectivity index (χ1) is 10.8. The number of hydrogen-bond donors (Lipinski definition) is 0. The molecule has 5 nitrogen and oxygen atoms in total. The molecule has 1 aliphatic heterocycles. The molecule has 0 unspecified atom stereocenters. The third-order valence-corrected chi connectivity index (χ3v) is 3.69. The fraction of sp³-hybridized carbons (Fsp3) is 0.125. The van der Waals surface area contributed by atoms with E-state index >= 15 is 0 Å². The van der Waals surface area contributed by atoms with Crippen molar-refractivity contribution in [1.82, 2.24) is 14.8 Å². The second-order valence-electron chi connectivity index (χ2n) is 5.11. The van der Waals surface area contributed by atoms with E-state index in [0.29, 0.717) is 13.3 Å². The van der Waals surface area contributed by atoms with E-state index in [0.717, 1.165) is 22.7 Å². The van der Waals surface area contributed by atoms with Gasteiger partial charge in [0, 0.05) is 23.5 Å². The van der Waals surface area contributed by atoms with Crippen LogP contribution in [-0.4, -0.2) is 21.5 Å². The largest absolute Gasteiger partial charge is 0.473 e. The molecule has 3 aromatic rings. The third-order valence-electron chi connectivity index (χ3n) is 3.69. The Labute approximate surface area is 126 Å². The van der Waals surface area contributed by atoms with Gasteiger partial charge in [-0.15, -0.1) is 10.2 Å². The highest BCUT2D eigenvalue weighted by Gasteiger charge is 2.18. The first-order valence-electron chi connectivity index (χ1n) is 6.91. The van der Waals surface area contributed by atoms with E-state index in [-0.39, 0.29) is 5.82 Å². The summed E-state index contributed by atoms with van der Waals surface area (Å²) in [6, 6.07) is 12.4. The minimum Gasteiger partial charge on any atom is -0.473 e. The highest BCUT2D eigenvalue weighted by Crippen LogP contribution is 2.30. The molecule has 0 atom stereocenters. The van der Waals surface area contributed by atoms with Gasteiger partial charge in [0.15, 0.2) is 6.73 Å². The first kappa shape index (κ1) is 12.8. The van der Waals surface area contributed by atoms with Gasteiger partial charge in [-0.1, -0.05) is 0 Å². The van der Waals surface area contributed by atoms with Crippen LogP contribution < -0.4 is 9.64 Å². The van der Waals surface area contributed by atoms with Crippen molar-refractivity contribution < 1.29 is 9.13 Å². The van der Waals surface area contributed by atoms with Crippen LogP contribution in [0.1, 0.15) is 5.56 Å². The molecule has 110 valence electrons. The molecule has 4 rings (SSSR count). The van der Waals surface area contributed by atoms with Gasteiger partial charge >= 0.3 is 0 Å². The molecule has 0 spiro atoms. The Hall–Kier alpha value is -2.89. The molecule has 0 fully saturated rings. The van der Waals surface area contributed by atoms with Crippen molar-refractivity contribution in [3.8, 4) is 11.4 Å². The lowest BCUT2D eigenvalue weighted by Crippen LogP contribution is -2.31. The standard InChI is InChI=1S/C16H13FN4O/c17-13-1-3-14(4-2-13)20-8-12-7-15(21-9-18-19-10-21)5-6-16(12)22-11-20/h1-7,9-10H,8,11H2. The van der Waals surface area contributed by atoms with Gasteiger partial charge in [-0.05, 0) is 42.5 Å². The Morgan fingerprint density at radius 3 is 2.45 bits per heavy atom. The number of ether oxygens (including phenoxy) is 1. The molecule has 1 aromatic heterocycles. The lowest BCUT2D eigenvalue weighted by Gasteiger charge is -2.31. The first-order valence-corrected chi connectivity index (χ1v) is 6.91. The predicted molar refractivity (Wildman–Crippen MR) is 79.4 cm³/mol. The number of aromatic nitrogens is 3. The number of benzene rings is 2. The Morgan fingerprint density at radius 1 is 0.955 bits per heavy atom. The third kappa shape index (κ3) is 2.28. The van der Waals surface area contributed by atoms with Crippen molar-refractivity contribution in [1.29, 1.82) is 0 Å². The minimum absolute atomic E-state index is 0.239. The van der Waals surface area contributed by atoms with Gasteiger partial charge < -0.3 is 9.64 Å². The predicted octanol–water partition coefficient (Wildman–Crippen LogP) is 2.76. The van der Waals surface area contributed by atoms with Crippen molar-refractivity contribution in [2.45, 2.75) is 6.54 Å². The van der Waals surface area contributed by atoms with Gasteiger partial charge in [0.2, 0.25) is 0 Å². The zero-order valence-electron chi connectivity index (χ0n) is 11.7. The van der Waals surface area contributed by atoms with Crippen molar-refractivity contribution in [2.75, 3.05) is 11.6 Å². The zero-order chi connectivity index (χ0) is 14.9. The fourth-order valence-electron chi connectivity index (χ4n) is 2.54. The number of rotatable bonds is 2. The van der Waals surface area contributed by atoms with Crippen molar-refractivity contribution >= 4 is 5.69 Å². The van der Waals surface area contributed by atoms with Crippen molar-refractivity contribution in [2.24, 2.45) is 0 Å². The highest BCUT2D eigenvalue weighted by atomic mass is 19.1. The normalized spacial score (nSPS) is 13.6. The smallest absolute Gasteiger partial charge is 0.161 e. The van der Waals surface area contributed by atoms with Gasteiger partial charge in [-0.2, -0.15) is 0 Å². The summed E-state index contributed by atoms with van der Waals surface area (Å²) in [6.07, 6.45) is 3.31. The van der Waals surface area contributed by atoms with Crippen LogP contribution in [0.4, 0.5) is 10.1 Å². The number of hydrogen-bond acceptors (Lipinski definition) is 4. The van der Waals surface area contributed by atoms with Crippen LogP contribution in [0.5, 0.6) is 5.75 Å². The van der Waals surface area contributed by atoms with Crippen molar-refractivity contribution in [3.63, 3.8) is 0 Å². The number of fused-ring (bicyclic) bond motifs is 1. The van der Waals surface area contributed by atoms with E-state index in [4.69, 9.17) is 4.74 Å². The molecule has 0 aliphatic carbocycles. The molecule has 22 heavy (non-hydrogen) atoms. The summed E-state index contributed by atoms with van der Waals surface area (Å²) >= 11 is 0. The minimum atomic E-state index is -0.239. The summed E-state index contributed by atoms with van der Waals surface area (Å²) in [5, 5.41) is 7.63. The quantitative estimate of drug-likeness (QED) is 0.729. The summed E-state index contributed by atoms with van der Waals surface area (Å²) in [6.45, 7) is 1.15. The van der Waals surface area contributed by atoms with Crippen LogP contribution in [0, 0.1) is 5.82 Å². The van der Waals surface area contributed by atoms with Crippen LogP contribution in [0.15, 0.2) is 55.1 Å². The molecular weight excluding hydrogens is 283 g/mol. The SMILES string of the molecule is Fc1ccc(N2COc3ccc(-n4cnnc4)cc3C2)cc1. The summed E-state index contributed by atoms with van der Waals surface area (Å²) in [5.74, 6) is 0.632. The van der Waals surface area contributed by atoms with E-state index in [1.807, 2.05) is 22.8 Å². The van der Waals surface area contributed by atoms with Gasteiger partial charge in [0.25, 0.3) is 0 Å². The molecule has 0 saturated carbocycles. The molecule has 2 aromatic carbocycles. The van der Waals surface area contributed by atoms with E-state index in [2.05, 4.69) is 15.1 Å². The average Bonchev–Trinajstić information content (AvgIpc) is 3.09. The topological polar surface area (TPSA) is 43.2 Å². The van der Waals surface area contributed by atoms with Gasteiger partial charge in [-0.3, -0.25) is 4.57 Å². The lowest BCUT2D eigenvalue weighted by molar-refractivity contribution is 0.289. The molecule has 0 bridgehead atoms. The molecule has 1 aliphatic rings. The molecular formula is C16H13FN4O. The summed E-state index contributed by atoms with van der Waals surface area (Å²) in [5.41, 5.74) is 2.98. The van der Waals surface area contributed by atoms with Gasteiger partial charge in [0.05, 0.1) is 0 Å². The van der Waals surface area contributed by atoms with Gasteiger partial charge in [0.1, 0.15) is 24.2 Å². The molecule has 6 heteroatoms. The van der Waals surface area contributed by atoms with E-state index in [9.17, 15) is 4.39 Å². The van der Waals surface area contributed by atoms with Crippen molar-refractivity contribution in [3.05, 3.63) is 66.5 Å². The Kier molecular flexibility index (Phi) is 3.00. The van der Waals surface area contributed by atoms with E-state index < -0.39 is 0 Å². The maximum absolute atomic E-state index is 13.0. The molecule has 0 radical (unpaired) electrons. The molecule has 0 saturated heterocycles. The van der Waals surface area contributed by atoms with Crippen LogP contribution in [0.2, 0.25) is 0 Å². The Balaban J connectivity index is 1.64. The monoisotopic (exact) mass is 296 g/mol. The average molecular weight is 296 g/mol. The highest BCUT2D eigenvalue weighted by molar-refractivity contribution is 5.52. The molecule has 2 heterocycles. The molecule has 0 N–H and O–H groups in total. The zero-order valence-corrected chi connectivity index (χ0v) is 11.7. The number of halogens is 1. The second-order valence-corrected chi connectivity index (χ2v) is 5.11. The van der Waals surface area contributed by atoms with E-state index in [1.165, 1.54) is 12.1 Å². The van der Waals surface area contributed by atoms with Gasteiger partial charge in [-0.25, -0.2) is 4.39 Å². The maximum atomic E-state index is 13.0. The lowest BCUT2D eigenvalue weighted by atomic mass is 10.1. The van der Waals surface area contributed by atoms with Crippen LogP contribution >= 0.6 is 0 Å². The number of anilines is 1. The summed E-state index contributed by atoms with van der Waals surface area (Å²) in [7, 11) is 0. The summed E-state index contributed by atoms with van der Waals surface area (Å²) in [4.78, 5) is 2.05. The maximum Gasteiger partial charge on any atom is 0.161 e. The number of nitrogens with zero attached hydrogens (tertiary/aromatic N) is 4. The Morgan fingerprint density at radius 2 is 1.68 bits per heavy atom. The Bertz CT molecular complexity index is 786. The van der Waals surface area contributed by atoms with Crippen LogP contribution in [0.25, 0.3) is 5.69 Å². The second kappa shape index (κ2) is 5.14. The van der Waals surface area contributed by atoms with Crippen LogP contribution in [0.3, 0.4) is 0 Å². The fourth-order valence-corrected chi connectivity index (χ4v) is 2.54. The van der Waals surface area contributed by atoms with E-state index in [1.54, 1.807) is 24.8 Å². The van der Waals surface area contributed by atoms with Crippen LogP contribution in [-0.2, 0) is 6.54 Å². The summed E-state index contributed by atoms with van der Waals surface area (Å²) < 4.78 is 20.7. The molecule has 0 amide bonds.